The molecule has 226 valence electrons. The van der Waals surface area contributed by atoms with E-state index in [9.17, 15) is 18.0 Å². The van der Waals surface area contributed by atoms with E-state index in [1.165, 1.54) is 4.90 Å². The number of benzene rings is 3. The third kappa shape index (κ3) is 8.06. The highest BCUT2D eigenvalue weighted by Crippen LogP contribution is 2.29. The molecule has 0 heterocycles. The van der Waals surface area contributed by atoms with Crippen LogP contribution in [0.15, 0.2) is 71.6 Å². The molecule has 0 aliphatic rings. The van der Waals surface area contributed by atoms with E-state index in [1.54, 1.807) is 54.6 Å². The van der Waals surface area contributed by atoms with E-state index in [1.807, 2.05) is 46.8 Å². The molecule has 42 heavy (non-hydrogen) atoms. The molecule has 0 saturated carbocycles. The molecule has 0 aliphatic heterocycles. The van der Waals surface area contributed by atoms with Crippen LogP contribution in [0.25, 0.3) is 0 Å². The lowest BCUT2D eigenvalue weighted by atomic mass is 10.1. The van der Waals surface area contributed by atoms with Crippen molar-refractivity contribution in [3.8, 4) is 0 Å². The zero-order chi connectivity index (χ0) is 31.0. The van der Waals surface area contributed by atoms with E-state index in [4.69, 9.17) is 23.2 Å². The first-order valence-corrected chi connectivity index (χ1v) is 16.3. The Morgan fingerprint density at radius 2 is 1.57 bits per heavy atom. The van der Waals surface area contributed by atoms with Crippen molar-refractivity contribution in [2.45, 2.75) is 77.4 Å². The topological polar surface area (TPSA) is 86.8 Å². The van der Waals surface area contributed by atoms with Gasteiger partial charge in [-0.05, 0) is 74.6 Å². The summed E-state index contributed by atoms with van der Waals surface area (Å²) < 4.78 is 29.4. The van der Waals surface area contributed by atoms with Gasteiger partial charge in [0, 0.05) is 12.6 Å². The number of aryl methyl sites for hydroxylation is 2. The smallest absolute Gasteiger partial charge is 0.264 e. The van der Waals surface area contributed by atoms with Gasteiger partial charge in [-0.15, -0.1) is 0 Å². The van der Waals surface area contributed by atoms with Crippen molar-refractivity contribution in [2.75, 3.05) is 10.8 Å². The first kappa shape index (κ1) is 33.4. The average Bonchev–Trinajstić information content (AvgIpc) is 2.97. The highest BCUT2D eigenvalue weighted by atomic mass is 35.5. The third-order valence-electron chi connectivity index (χ3n) is 7.25. The largest absolute Gasteiger partial charge is 0.352 e. The van der Waals surface area contributed by atoms with Crippen LogP contribution in [-0.2, 0) is 32.6 Å². The van der Waals surface area contributed by atoms with Gasteiger partial charge in [-0.3, -0.25) is 13.9 Å². The number of hydrogen-bond acceptors (Lipinski definition) is 4. The van der Waals surface area contributed by atoms with E-state index in [2.05, 4.69) is 5.32 Å². The summed E-state index contributed by atoms with van der Waals surface area (Å²) in [6.45, 7) is 9.03. The van der Waals surface area contributed by atoms with Gasteiger partial charge >= 0.3 is 0 Å². The molecule has 10 heteroatoms. The van der Waals surface area contributed by atoms with E-state index in [-0.39, 0.29) is 23.4 Å². The van der Waals surface area contributed by atoms with Crippen molar-refractivity contribution in [2.24, 2.45) is 0 Å². The van der Waals surface area contributed by atoms with Crippen molar-refractivity contribution in [1.82, 2.24) is 10.2 Å². The molecule has 7 nitrogen and oxygen atoms in total. The fourth-order valence-corrected chi connectivity index (χ4v) is 6.37. The van der Waals surface area contributed by atoms with Gasteiger partial charge in [0.05, 0.1) is 20.6 Å². The number of anilines is 1. The maximum atomic E-state index is 14.3. The maximum absolute atomic E-state index is 14.3. The lowest BCUT2D eigenvalue weighted by molar-refractivity contribution is -0.140. The summed E-state index contributed by atoms with van der Waals surface area (Å²) in [7, 11) is -4.15. The fraction of sp³-hybridized carbons (Fsp3) is 0.375. The molecule has 0 unspecified atom stereocenters. The highest BCUT2D eigenvalue weighted by molar-refractivity contribution is 7.92. The van der Waals surface area contributed by atoms with Gasteiger partial charge in [-0.1, -0.05) is 85.9 Å². The van der Waals surface area contributed by atoms with Gasteiger partial charge in [0.25, 0.3) is 10.0 Å². The Morgan fingerprint density at radius 1 is 0.905 bits per heavy atom. The molecule has 0 radical (unpaired) electrons. The number of hydrogen-bond donors (Lipinski definition) is 1. The number of rotatable bonds is 13. The number of carbonyl (C=O) groups excluding carboxylic acids is 2. The number of amides is 2. The number of halogens is 2. The summed E-state index contributed by atoms with van der Waals surface area (Å²) in [5, 5.41) is 3.66. The van der Waals surface area contributed by atoms with Gasteiger partial charge in [0.2, 0.25) is 11.8 Å². The van der Waals surface area contributed by atoms with Gasteiger partial charge < -0.3 is 10.2 Å². The van der Waals surface area contributed by atoms with Crippen LogP contribution in [0.5, 0.6) is 0 Å². The molecular weight excluding hydrogens is 593 g/mol. The monoisotopic (exact) mass is 631 g/mol. The zero-order valence-electron chi connectivity index (χ0n) is 24.7. The van der Waals surface area contributed by atoms with E-state index in [0.29, 0.717) is 34.1 Å². The second kappa shape index (κ2) is 14.9. The lowest BCUT2D eigenvalue weighted by Crippen LogP contribution is -2.53. The van der Waals surface area contributed by atoms with Crippen LogP contribution < -0.4 is 9.62 Å². The Balaban J connectivity index is 2.11. The second-order valence-electron chi connectivity index (χ2n) is 10.3. The number of nitrogens with one attached hydrogen (secondary N) is 1. The molecule has 0 bridgehead atoms. The Hall–Kier alpha value is -3.07. The summed E-state index contributed by atoms with van der Waals surface area (Å²) in [6.07, 6.45) is 1.61. The first-order valence-electron chi connectivity index (χ1n) is 14.1. The van der Waals surface area contributed by atoms with Crippen LogP contribution in [0.4, 0.5) is 5.69 Å². The summed E-state index contributed by atoms with van der Waals surface area (Å²) >= 11 is 12.4. The summed E-state index contributed by atoms with van der Waals surface area (Å²) in [5.41, 5.74) is 2.77. The first-order chi connectivity index (χ1) is 19.9. The summed E-state index contributed by atoms with van der Waals surface area (Å²) in [5.74, 6) is -0.823. The molecule has 3 aromatic carbocycles. The van der Waals surface area contributed by atoms with Crippen molar-refractivity contribution < 1.29 is 18.0 Å². The van der Waals surface area contributed by atoms with Gasteiger partial charge in [-0.25, -0.2) is 8.42 Å². The second-order valence-corrected chi connectivity index (χ2v) is 13.0. The van der Waals surface area contributed by atoms with Gasteiger partial charge in [0.15, 0.2) is 0 Å². The zero-order valence-corrected chi connectivity index (χ0v) is 27.1. The molecule has 0 spiro atoms. The minimum atomic E-state index is -4.15. The van der Waals surface area contributed by atoms with Crippen LogP contribution in [0.1, 0.15) is 57.2 Å². The number of sulfonamides is 1. The predicted molar refractivity (Wildman–Crippen MR) is 171 cm³/mol. The number of nitrogens with zero attached hydrogens (tertiary/aromatic N) is 2. The standard InChI is InChI=1S/C32H39Cl2N3O4S/c1-6-23(5)35-32(39)29(8-3)36(20-24-15-18-27(33)28(34)19-24)31(38)21-37(30-12-10-9-11-25(30)7-2)42(40,41)26-16-13-22(4)14-17-26/h9-19,23,29H,6-8,20-21H2,1-5H3,(H,35,39)/t23-,29+/m0/s1. The maximum Gasteiger partial charge on any atom is 0.264 e. The van der Waals surface area contributed by atoms with Gasteiger partial charge in [0.1, 0.15) is 12.6 Å². The molecule has 1 N–H and O–H groups in total. The lowest BCUT2D eigenvalue weighted by Gasteiger charge is -2.34. The SMILES string of the molecule is CCc1ccccc1N(CC(=O)N(Cc1ccc(Cl)c(Cl)c1)[C@H](CC)C(=O)N[C@@H](C)CC)S(=O)(=O)c1ccc(C)cc1. The van der Waals surface area contributed by atoms with Crippen LogP contribution in [-0.4, -0.2) is 43.8 Å². The van der Waals surface area contributed by atoms with Crippen LogP contribution in [0, 0.1) is 6.92 Å². The number of para-hydroxylation sites is 1. The Labute approximate surface area is 259 Å². The summed E-state index contributed by atoms with van der Waals surface area (Å²) in [6, 6.07) is 17.7. The highest BCUT2D eigenvalue weighted by Gasteiger charge is 2.34. The van der Waals surface area contributed by atoms with Crippen molar-refractivity contribution in [3.63, 3.8) is 0 Å². The van der Waals surface area contributed by atoms with Crippen LogP contribution in [0.2, 0.25) is 10.0 Å². The number of carbonyl (C=O) groups is 2. The van der Waals surface area contributed by atoms with E-state index < -0.39 is 28.5 Å². The molecule has 0 saturated heterocycles. The normalized spacial score (nSPS) is 12.8. The fourth-order valence-electron chi connectivity index (χ4n) is 4.60. The van der Waals surface area contributed by atoms with Crippen molar-refractivity contribution in [3.05, 3.63) is 93.5 Å². The average molecular weight is 633 g/mol. The third-order valence-corrected chi connectivity index (χ3v) is 9.77. The Kier molecular flexibility index (Phi) is 11.9. The quantitative estimate of drug-likeness (QED) is 0.225. The predicted octanol–water partition coefficient (Wildman–Crippen LogP) is 6.78. The molecule has 0 aliphatic carbocycles. The van der Waals surface area contributed by atoms with Crippen molar-refractivity contribution in [1.29, 1.82) is 0 Å². The molecule has 3 rings (SSSR count). The Bertz CT molecular complexity index is 1500. The van der Waals surface area contributed by atoms with Crippen LogP contribution in [0.3, 0.4) is 0 Å². The minimum absolute atomic E-state index is 0.0377. The molecule has 0 fully saturated rings. The molecule has 3 aromatic rings. The summed E-state index contributed by atoms with van der Waals surface area (Å²) in [4.78, 5) is 29.2. The molecular formula is C32H39Cl2N3O4S. The van der Waals surface area contributed by atoms with E-state index >= 15 is 0 Å². The van der Waals surface area contributed by atoms with Crippen molar-refractivity contribution >= 4 is 50.7 Å². The molecule has 2 amide bonds. The van der Waals surface area contributed by atoms with Gasteiger partial charge in [-0.2, -0.15) is 0 Å². The minimum Gasteiger partial charge on any atom is -0.352 e. The molecule has 2 atom stereocenters. The van der Waals surface area contributed by atoms with E-state index in [0.717, 1.165) is 21.9 Å². The Morgan fingerprint density at radius 3 is 2.17 bits per heavy atom. The van der Waals surface area contributed by atoms with Crippen LogP contribution >= 0.6 is 23.2 Å². The molecule has 0 aromatic heterocycles.